The molecule has 24 heavy (non-hydrogen) atoms. The van der Waals surface area contributed by atoms with Crippen LogP contribution >= 0.6 is 15.9 Å². The van der Waals surface area contributed by atoms with Crippen LogP contribution in [0.25, 0.3) is 0 Å². The summed E-state index contributed by atoms with van der Waals surface area (Å²) in [6.07, 6.45) is 6.16. The molecule has 0 atom stereocenters. The summed E-state index contributed by atoms with van der Waals surface area (Å²) in [7, 11) is -3.60. The summed E-state index contributed by atoms with van der Waals surface area (Å²) in [5, 5.41) is 2.77. The van der Waals surface area contributed by atoms with E-state index >= 15 is 0 Å². The Morgan fingerprint density at radius 2 is 2.12 bits per heavy atom. The largest absolute Gasteiger partial charge is 0.356 e. The van der Waals surface area contributed by atoms with Crippen LogP contribution < -0.4 is 10.0 Å². The number of nitrogens with zero attached hydrogens (tertiary/aromatic N) is 2. The molecule has 0 saturated heterocycles. The molecule has 0 aliphatic carbocycles. The first-order chi connectivity index (χ1) is 11.5. The van der Waals surface area contributed by atoms with Crippen LogP contribution in [0.5, 0.6) is 0 Å². The van der Waals surface area contributed by atoms with Gasteiger partial charge >= 0.3 is 0 Å². The molecule has 7 nitrogen and oxygen atoms in total. The van der Waals surface area contributed by atoms with E-state index < -0.39 is 10.0 Å². The van der Waals surface area contributed by atoms with Gasteiger partial charge in [-0.2, -0.15) is 0 Å². The number of aromatic nitrogens is 2. The van der Waals surface area contributed by atoms with E-state index in [1.54, 1.807) is 24.7 Å². The Hall–Kier alpha value is -1.71. The van der Waals surface area contributed by atoms with Crippen molar-refractivity contribution in [1.82, 2.24) is 19.6 Å². The first-order valence-corrected chi connectivity index (χ1v) is 9.73. The van der Waals surface area contributed by atoms with Gasteiger partial charge in [-0.3, -0.25) is 4.79 Å². The minimum atomic E-state index is -3.60. The molecule has 0 unspecified atom stereocenters. The Kier molecular flexibility index (Phi) is 6.95. The van der Waals surface area contributed by atoms with Crippen LogP contribution in [0.4, 0.5) is 0 Å². The lowest BCUT2D eigenvalue weighted by Crippen LogP contribution is -2.31. The Labute approximate surface area is 149 Å². The topological polar surface area (TPSA) is 93.1 Å². The van der Waals surface area contributed by atoms with Crippen molar-refractivity contribution in [2.75, 3.05) is 13.1 Å². The molecular formula is C15H19BrN4O3S. The first kappa shape index (κ1) is 18.6. The second-order valence-electron chi connectivity index (χ2n) is 5.11. The highest BCUT2D eigenvalue weighted by molar-refractivity contribution is 9.10. The monoisotopic (exact) mass is 414 g/mol. The summed E-state index contributed by atoms with van der Waals surface area (Å²) >= 11 is 3.23. The highest BCUT2D eigenvalue weighted by Gasteiger charge is 2.14. The number of sulfonamides is 1. The standard InChI is InChI=1S/C15H19BrN4O3S/c16-13-3-1-4-14(11-13)24(22,23)19-7-5-15(21)18-6-2-9-20-10-8-17-12-20/h1,3-4,8,10-12,19H,2,5-7,9H2,(H,18,21). The molecule has 0 aliphatic heterocycles. The van der Waals surface area contributed by atoms with Gasteiger partial charge in [0.2, 0.25) is 15.9 Å². The maximum atomic E-state index is 12.1. The van der Waals surface area contributed by atoms with Crippen molar-refractivity contribution in [3.05, 3.63) is 47.5 Å². The Bertz CT molecular complexity index is 763. The molecule has 0 spiro atoms. The van der Waals surface area contributed by atoms with E-state index in [-0.39, 0.29) is 23.8 Å². The van der Waals surface area contributed by atoms with Crippen molar-refractivity contribution in [1.29, 1.82) is 0 Å². The SMILES string of the molecule is O=C(CCNS(=O)(=O)c1cccc(Br)c1)NCCCn1ccnc1. The van der Waals surface area contributed by atoms with Gasteiger partial charge in [0.05, 0.1) is 11.2 Å². The lowest BCUT2D eigenvalue weighted by molar-refractivity contribution is -0.120. The number of halogens is 1. The van der Waals surface area contributed by atoms with E-state index in [1.165, 1.54) is 12.1 Å². The molecule has 0 bridgehead atoms. The number of hydrogen-bond acceptors (Lipinski definition) is 4. The quantitative estimate of drug-likeness (QED) is 0.608. The van der Waals surface area contributed by atoms with Crippen LogP contribution in [0.3, 0.4) is 0 Å². The summed E-state index contributed by atoms with van der Waals surface area (Å²) < 4.78 is 29.2. The number of aryl methyl sites for hydroxylation is 1. The average molecular weight is 415 g/mol. The minimum Gasteiger partial charge on any atom is -0.356 e. The van der Waals surface area contributed by atoms with Crippen molar-refractivity contribution >= 4 is 31.9 Å². The highest BCUT2D eigenvalue weighted by Crippen LogP contribution is 2.15. The maximum Gasteiger partial charge on any atom is 0.240 e. The van der Waals surface area contributed by atoms with E-state index in [0.29, 0.717) is 11.0 Å². The molecule has 2 aromatic rings. The Morgan fingerprint density at radius 1 is 1.29 bits per heavy atom. The lowest BCUT2D eigenvalue weighted by atomic mass is 10.3. The van der Waals surface area contributed by atoms with Crippen LogP contribution in [0.1, 0.15) is 12.8 Å². The van der Waals surface area contributed by atoms with E-state index in [9.17, 15) is 13.2 Å². The summed E-state index contributed by atoms with van der Waals surface area (Å²) in [6, 6.07) is 6.41. The predicted molar refractivity (Wildman–Crippen MR) is 93.8 cm³/mol. The normalized spacial score (nSPS) is 11.4. The third-order valence-electron chi connectivity index (χ3n) is 3.22. The number of amides is 1. The van der Waals surface area contributed by atoms with Gasteiger partial charge in [0.15, 0.2) is 0 Å². The second-order valence-corrected chi connectivity index (χ2v) is 7.79. The van der Waals surface area contributed by atoms with Gasteiger partial charge in [-0.25, -0.2) is 18.1 Å². The molecule has 0 aliphatic rings. The van der Waals surface area contributed by atoms with Crippen LogP contribution in [-0.4, -0.2) is 37.0 Å². The minimum absolute atomic E-state index is 0.0577. The van der Waals surface area contributed by atoms with Gasteiger partial charge in [0.25, 0.3) is 0 Å². The fraction of sp³-hybridized carbons (Fsp3) is 0.333. The van der Waals surface area contributed by atoms with Gasteiger partial charge < -0.3 is 9.88 Å². The zero-order valence-electron chi connectivity index (χ0n) is 13.0. The van der Waals surface area contributed by atoms with Gasteiger partial charge in [-0.15, -0.1) is 0 Å². The summed E-state index contributed by atoms with van der Waals surface area (Å²) in [5.41, 5.74) is 0. The summed E-state index contributed by atoms with van der Waals surface area (Å²) in [6.45, 7) is 1.37. The van der Waals surface area contributed by atoms with Crippen molar-refractivity contribution < 1.29 is 13.2 Å². The molecule has 1 aromatic heterocycles. The zero-order chi connectivity index (χ0) is 17.4. The van der Waals surface area contributed by atoms with Gasteiger partial charge in [-0.05, 0) is 24.6 Å². The van der Waals surface area contributed by atoms with E-state index in [2.05, 4.69) is 31.0 Å². The van der Waals surface area contributed by atoms with Crippen LogP contribution in [0, 0.1) is 0 Å². The fourth-order valence-corrected chi connectivity index (χ4v) is 3.64. The van der Waals surface area contributed by atoms with Crippen LogP contribution in [0.2, 0.25) is 0 Å². The van der Waals surface area contributed by atoms with Gasteiger partial charge in [-0.1, -0.05) is 22.0 Å². The van der Waals surface area contributed by atoms with Crippen LogP contribution in [-0.2, 0) is 21.4 Å². The van der Waals surface area contributed by atoms with E-state index in [0.717, 1.165) is 13.0 Å². The maximum absolute atomic E-state index is 12.1. The molecule has 0 radical (unpaired) electrons. The smallest absolute Gasteiger partial charge is 0.240 e. The summed E-state index contributed by atoms with van der Waals surface area (Å²) in [5.74, 6) is -0.183. The molecule has 1 amide bonds. The third-order valence-corrected chi connectivity index (χ3v) is 5.18. The van der Waals surface area contributed by atoms with Gasteiger partial charge in [0, 0.05) is 42.9 Å². The second kappa shape index (κ2) is 8.95. The van der Waals surface area contributed by atoms with Crippen LogP contribution in [0.15, 0.2) is 52.4 Å². The molecule has 0 saturated carbocycles. The Morgan fingerprint density at radius 3 is 2.83 bits per heavy atom. The third kappa shape index (κ3) is 6.06. The fourth-order valence-electron chi connectivity index (χ4n) is 2.01. The Balaban J connectivity index is 1.66. The molecule has 0 fully saturated rings. The number of carbonyl (C=O) groups is 1. The number of carbonyl (C=O) groups excluding carboxylic acids is 1. The number of rotatable bonds is 9. The highest BCUT2D eigenvalue weighted by atomic mass is 79.9. The first-order valence-electron chi connectivity index (χ1n) is 7.45. The lowest BCUT2D eigenvalue weighted by Gasteiger charge is -2.08. The van der Waals surface area contributed by atoms with Crippen molar-refractivity contribution in [3.63, 3.8) is 0 Å². The zero-order valence-corrected chi connectivity index (χ0v) is 15.4. The number of imidazole rings is 1. The van der Waals surface area contributed by atoms with Crippen molar-refractivity contribution in [3.8, 4) is 0 Å². The number of benzene rings is 1. The molecule has 1 aromatic carbocycles. The average Bonchev–Trinajstić information content (AvgIpc) is 3.05. The number of nitrogens with one attached hydrogen (secondary N) is 2. The molecule has 130 valence electrons. The molecular weight excluding hydrogens is 396 g/mol. The molecule has 2 N–H and O–H groups in total. The van der Waals surface area contributed by atoms with Crippen molar-refractivity contribution in [2.24, 2.45) is 0 Å². The molecule has 9 heteroatoms. The number of hydrogen-bond donors (Lipinski definition) is 2. The van der Waals surface area contributed by atoms with E-state index in [1.807, 2.05) is 10.8 Å². The summed E-state index contributed by atoms with van der Waals surface area (Å²) in [4.78, 5) is 15.8. The predicted octanol–water partition coefficient (Wildman–Crippen LogP) is 1.52. The molecule has 1 heterocycles. The van der Waals surface area contributed by atoms with E-state index in [4.69, 9.17) is 0 Å². The van der Waals surface area contributed by atoms with Crippen molar-refractivity contribution in [2.45, 2.75) is 24.3 Å². The molecule has 2 rings (SSSR count). The van der Waals surface area contributed by atoms with Gasteiger partial charge in [0.1, 0.15) is 0 Å².